The van der Waals surface area contributed by atoms with Gasteiger partial charge in [-0.3, -0.25) is 14.4 Å². The van der Waals surface area contributed by atoms with E-state index in [0.29, 0.717) is 18.8 Å². The first-order chi connectivity index (χ1) is 15.7. The van der Waals surface area contributed by atoms with Gasteiger partial charge in [0.2, 0.25) is 0 Å². The summed E-state index contributed by atoms with van der Waals surface area (Å²) in [6.07, 6.45) is 7.29. The molecule has 4 aliphatic rings. The molecule has 2 N–H and O–H groups in total. The molecule has 5 heteroatoms. The van der Waals surface area contributed by atoms with Crippen LogP contribution in [0, 0.1) is 17.3 Å². The van der Waals surface area contributed by atoms with Gasteiger partial charge in [0.25, 0.3) is 0 Å². The van der Waals surface area contributed by atoms with E-state index < -0.39 is 11.0 Å². The predicted octanol–water partition coefficient (Wildman–Crippen LogP) is 5.06. The van der Waals surface area contributed by atoms with E-state index in [1.807, 2.05) is 18.2 Å². The zero-order valence-corrected chi connectivity index (χ0v) is 19.8. The van der Waals surface area contributed by atoms with Gasteiger partial charge in [-0.1, -0.05) is 24.6 Å². The van der Waals surface area contributed by atoms with Crippen molar-refractivity contribution in [2.24, 2.45) is 17.3 Å². The fourth-order valence-electron chi connectivity index (χ4n) is 7.74. The van der Waals surface area contributed by atoms with Crippen molar-refractivity contribution in [2.75, 3.05) is 5.73 Å². The zero-order valence-electron chi connectivity index (χ0n) is 19.8. The highest BCUT2D eigenvalue weighted by molar-refractivity contribution is 5.93. The topological polar surface area (TPSA) is 86.5 Å². The van der Waals surface area contributed by atoms with Crippen LogP contribution in [0.4, 0.5) is 5.69 Å². The summed E-state index contributed by atoms with van der Waals surface area (Å²) in [6.45, 7) is 5.17. The number of anilines is 1. The Morgan fingerprint density at radius 3 is 2.45 bits per heavy atom. The Bertz CT molecular complexity index is 1100. The van der Waals surface area contributed by atoms with Crippen LogP contribution in [-0.4, -0.2) is 23.1 Å². The molecule has 1 aromatic rings. The number of rotatable bonds is 3. The Morgan fingerprint density at radius 1 is 1.06 bits per heavy atom. The number of nitrogens with two attached hydrogens (primary N) is 1. The smallest absolute Gasteiger partial charge is 0.303 e. The van der Waals surface area contributed by atoms with Crippen molar-refractivity contribution in [3.63, 3.8) is 0 Å². The van der Waals surface area contributed by atoms with Crippen molar-refractivity contribution in [2.45, 2.75) is 77.2 Å². The van der Waals surface area contributed by atoms with Gasteiger partial charge >= 0.3 is 5.97 Å². The van der Waals surface area contributed by atoms with Crippen molar-refractivity contribution < 1.29 is 19.1 Å². The number of Topliss-reactive ketones (excluding diaryl/α,β-unsaturated/α-hetero) is 1. The summed E-state index contributed by atoms with van der Waals surface area (Å²) in [7, 11) is 0. The van der Waals surface area contributed by atoms with Gasteiger partial charge in [-0.25, -0.2) is 0 Å². The molecule has 0 aromatic heterocycles. The van der Waals surface area contributed by atoms with E-state index in [1.54, 1.807) is 6.92 Å². The maximum atomic E-state index is 13.1. The molecule has 2 saturated carbocycles. The molecule has 33 heavy (non-hydrogen) atoms. The second kappa shape index (κ2) is 7.68. The van der Waals surface area contributed by atoms with Crippen LogP contribution < -0.4 is 5.73 Å². The number of nitrogen functional groups attached to an aromatic ring is 1. The van der Waals surface area contributed by atoms with Gasteiger partial charge in [0, 0.05) is 30.4 Å². The Balaban J connectivity index is 1.70. The summed E-state index contributed by atoms with van der Waals surface area (Å²) in [6, 6.07) is 8.06. The number of benzene rings is 1. The van der Waals surface area contributed by atoms with Crippen molar-refractivity contribution in [3.05, 3.63) is 52.6 Å². The molecule has 0 radical (unpaired) electrons. The van der Waals surface area contributed by atoms with Crippen LogP contribution in [0.1, 0.15) is 77.2 Å². The predicted molar refractivity (Wildman–Crippen MR) is 126 cm³/mol. The second-order valence-electron chi connectivity index (χ2n) is 10.7. The minimum absolute atomic E-state index is 0.0467. The number of allylic oxidation sites excluding steroid dienone is 4. The van der Waals surface area contributed by atoms with Crippen molar-refractivity contribution >= 4 is 23.2 Å². The highest BCUT2D eigenvalue weighted by Crippen LogP contribution is 2.67. The summed E-state index contributed by atoms with van der Waals surface area (Å²) in [4.78, 5) is 37.5. The molecule has 2 fully saturated rings. The molecule has 5 unspecified atom stereocenters. The monoisotopic (exact) mass is 447 g/mol. The van der Waals surface area contributed by atoms with Gasteiger partial charge in [-0.2, -0.15) is 0 Å². The lowest BCUT2D eigenvalue weighted by Crippen LogP contribution is -2.57. The average Bonchev–Trinajstić information content (AvgIpc) is 3.06. The number of fused-ring (bicyclic) bond motifs is 4. The summed E-state index contributed by atoms with van der Waals surface area (Å²) < 4.78 is 5.96. The van der Waals surface area contributed by atoms with Gasteiger partial charge in [-0.05, 0) is 92.2 Å². The lowest BCUT2D eigenvalue weighted by atomic mass is 9.50. The Kier molecular flexibility index (Phi) is 5.15. The van der Waals surface area contributed by atoms with Crippen LogP contribution in [-0.2, 0) is 19.1 Å². The zero-order chi connectivity index (χ0) is 23.5. The molecular formula is C28H33NO4. The second-order valence-corrected chi connectivity index (χ2v) is 10.7. The fourth-order valence-corrected chi connectivity index (χ4v) is 7.74. The van der Waals surface area contributed by atoms with Gasteiger partial charge in [-0.15, -0.1) is 0 Å². The van der Waals surface area contributed by atoms with E-state index in [1.165, 1.54) is 29.2 Å². The first kappa shape index (κ1) is 22.1. The van der Waals surface area contributed by atoms with Gasteiger partial charge in [0.1, 0.15) is 0 Å². The minimum Gasteiger partial charge on any atom is -0.451 e. The third-order valence-corrected chi connectivity index (χ3v) is 9.08. The normalized spacial score (nSPS) is 35.3. The number of carbonyl (C=O) groups excluding carboxylic acids is 3. The molecule has 0 spiro atoms. The molecule has 0 aliphatic heterocycles. The number of ketones is 2. The molecule has 5 nitrogen and oxygen atoms in total. The lowest BCUT2D eigenvalue weighted by Gasteiger charge is -2.55. The summed E-state index contributed by atoms with van der Waals surface area (Å²) in [5, 5.41) is 0. The Labute approximate surface area is 195 Å². The first-order valence-electron chi connectivity index (χ1n) is 12.2. The number of carbonyl (C=O) groups is 3. The molecule has 4 aliphatic carbocycles. The standard InChI is InChI=1S/C28H33NO4/c1-16(30)28(33-17(2)31)13-12-25-23-10-6-19-14-21(32)9-11-22(19)26(23)24(15-27(25,28)3)18-4-7-20(29)8-5-18/h4-5,7-8,14,23-25H,6,9-13,15,29H2,1-3H3. The fraction of sp³-hybridized carbons (Fsp3) is 0.536. The number of esters is 1. The Hall–Kier alpha value is -2.69. The highest BCUT2D eigenvalue weighted by Gasteiger charge is 2.67. The van der Waals surface area contributed by atoms with E-state index in [-0.39, 0.29) is 29.4 Å². The maximum absolute atomic E-state index is 13.1. The number of hydrogen-bond acceptors (Lipinski definition) is 5. The van der Waals surface area contributed by atoms with E-state index in [0.717, 1.165) is 37.8 Å². The van der Waals surface area contributed by atoms with Gasteiger partial charge in [0.15, 0.2) is 17.2 Å². The van der Waals surface area contributed by atoms with E-state index in [4.69, 9.17) is 10.5 Å². The number of ether oxygens (including phenoxy) is 1. The SMILES string of the molecule is CC(=O)OC1(C(C)=O)CCC2C3CCC4=CC(=O)CCC4=C3C(c3ccc(N)cc3)CC21C. The number of hydrogen-bond donors (Lipinski definition) is 1. The summed E-state index contributed by atoms with van der Waals surface area (Å²) in [5.41, 5.74) is 10.4. The van der Waals surface area contributed by atoms with Gasteiger partial charge in [0.05, 0.1) is 0 Å². The van der Waals surface area contributed by atoms with Crippen LogP contribution >= 0.6 is 0 Å². The molecule has 0 amide bonds. The lowest BCUT2D eigenvalue weighted by molar-refractivity contribution is -0.182. The molecule has 174 valence electrons. The molecule has 5 rings (SSSR count). The summed E-state index contributed by atoms with van der Waals surface area (Å²) >= 11 is 0. The van der Waals surface area contributed by atoms with Crippen LogP contribution in [0.3, 0.4) is 0 Å². The Morgan fingerprint density at radius 2 is 1.79 bits per heavy atom. The quantitative estimate of drug-likeness (QED) is 0.517. The molecule has 5 atom stereocenters. The molecule has 1 aromatic carbocycles. The van der Waals surface area contributed by atoms with Crippen LogP contribution in [0.2, 0.25) is 0 Å². The average molecular weight is 448 g/mol. The van der Waals surface area contributed by atoms with Crippen molar-refractivity contribution in [1.29, 1.82) is 0 Å². The van der Waals surface area contributed by atoms with Gasteiger partial charge < -0.3 is 10.5 Å². The van der Waals surface area contributed by atoms with Crippen LogP contribution in [0.15, 0.2) is 47.1 Å². The highest BCUT2D eigenvalue weighted by atomic mass is 16.6. The molecule has 0 bridgehead atoms. The first-order valence-corrected chi connectivity index (χ1v) is 12.2. The van der Waals surface area contributed by atoms with Crippen molar-refractivity contribution in [1.82, 2.24) is 0 Å². The maximum Gasteiger partial charge on any atom is 0.303 e. The molecule has 0 heterocycles. The molecular weight excluding hydrogens is 414 g/mol. The van der Waals surface area contributed by atoms with E-state index in [2.05, 4.69) is 19.1 Å². The van der Waals surface area contributed by atoms with E-state index in [9.17, 15) is 14.4 Å². The summed E-state index contributed by atoms with van der Waals surface area (Å²) in [5.74, 6) is 0.491. The largest absolute Gasteiger partial charge is 0.451 e. The molecule has 0 saturated heterocycles. The minimum atomic E-state index is -1.08. The van der Waals surface area contributed by atoms with Crippen molar-refractivity contribution in [3.8, 4) is 0 Å². The third kappa shape index (κ3) is 3.23. The third-order valence-electron chi connectivity index (χ3n) is 9.08. The van der Waals surface area contributed by atoms with E-state index >= 15 is 0 Å². The van der Waals surface area contributed by atoms with Crippen LogP contribution in [0.5, 0.6) is 0 Å². The van der Waals surface area contributed by atoms with Crippen LogP contribution in [0.25, 0.3) is 0 Å².